The van der Waals surface area contributed by atoms with Crippen molar-refractivity contribution in [3.05, 3.63) is 22.4 Å². The average molecular weight is 184 g/mol. The summed E-state index contributed by atoms with van der Waals surface area (Å²) in [6.45, 7) is 8.01. The maximum atomic E-state index is 10.2. The SMILES string of the molecule is CC(C)(C)C(C)(O)c1ccsc1. The van der Waals surface area contributed by atoms with Crippen LogP contribution < -0.4 is 0 Å². The predicted octanol–water partition coefficient (Wildman–Crippen LogP) is 3.00. The van der Waals surface area contributed by atoms with E-state index >= 15 is 0 Å². The molecule has 0 bridgehead atoms. The summed E-state index contributed by atoms with van der Waals surface area (Å²) >= 11 is 1.62. The largest absolute Gasteiger partial charge is 0.385 e. The van der Waals surface area contributed by atoms with E-state index in [0.717, 1.165) is 5.56 Å². The van der Waals surface area contributed by atoms with Gasteiger partial charge in [-0.25, -0.2) is 0 Å². The molecule has 0 aliphatic heterocycles. The van der Waals surface area contributed by atoms with Gasteiger partial charge in [0.15, 0.2) is 0 Å². The highest BCUT2D eigenvalue weighted by molar-refractivity contribution is 7.08. The summed E-state index contributed by atoms with van der Waals surface area (Å²) in [7, 11) is 0. The molecular formula is C10H16OS. The van der Waals surface area contributed by atoms with Crippen LogP contribution in [0.5, 0.6) is 0 Å². The number of hydrogen-bond donors (Lipinski definition) is 1. The van der Waals surface area contributed by atoms with Gasteiger partial charge in [-0.15, -0.1) is 0 Å². The van der Waals surface area contributed by atoms with Crippen LogP contribution in [0.1, 0.15) is 33.3 Å². The Morgan fingerprint density at radius 3 is 2.17 bits per heavy atom. The zero-order valence-electron chi connectivity index (χ0n) is 8.09. The summed E-state index contributed by atoms with van der Waals surface area (Å²) in [6, 6.07) is 1.98. The van der Waals surface area contributed by atoms with Gasteiger partial charge in [0.05, 0.1) is 5.60 Å². The lowest BCUT2D eigenvalue weighted by Gasteiger charge is -2.36. The van der Waals surface area contributed by atoms with Gasteiger partial charge in [-0.05, 0) is 34.7 Å². The highest BCUT2D eigenvalue weighted by Gasteiger charge is 2.36. The third kappa shape index (κ3) is 1.54. The highest BCUT2D eigenvalue weighted by atomic mass is 32.1. The van der Waals surface area contributed by atoms with Gasteiger partial charge in [-0.3, -0.25) is 0 Å². The molecule has 1 aromatic heterocycles. The molecule has 1 heterocycles. The van der Waals surface area contributed by atoms with Gasteiger partial charge >= 0.3 is 0 Å². The molecular weight excluding hydrogens is 168 g/mol. The fourth-order valence-corrected chi connectivity index (χ4v) is 1.73. The molecule has 0 saturated heterocycles. The van der Waals surface area contributed by atoms with E-state index in [1.807, 2.05) is 44.5 Å². The molecule has 1 rings (SSSR count). The molecule has 12 heavy (non-hydrogen) atoms. The quantitative estimate of drug-likeness (QED) is 0.711. The van der Waals surface area contributed by atoms with Crippen molar-refractivity contribution in [2.24, 2.45) is 5.41 Å². The van der Waals surface area contributed by atoms with Crippen LogP contribution in [-0.4, -0.2) is 5.11 Å². The molecule has 0 aliphatic carbocycles. The van der Waals surface area contributed by atoms with Crippen molar-refractivity contribution >= 4 is 11.3 Å². The van der Waals surface area contributed by atoms with Gasteiger partial charge in [0.2, 0.25) is 0 Å². The number of hydrogen-bond acceptors (Lipinski definition) is 2. The van der Waals surface area contributed by atoms with Crippen LogP contribution in [-0.2, 0) is 5.60 Å². The molecule has 1 unspecified atom stereocenters. The second kappa shape index (κ2) is 2.86. The van der Waals surface area contributed by atoms with Gasteiger partial charge < -0.3 is 5.11 Å². The van der Waals surface area contributed by atoms with Crippen molar-refractivity contribution in [1.29, 1.82) is 0 Å². The zero-order valence-corrected chi connectivity index (χ0v) is 8.90. The molecule has 1 N–H and O–H groups in total. The normalized spacial score (nSPS) is 17.4. The first-order valence-electron chi connectivity index (χ1n) is 4.11. The molecule has 1 aromatic rings. The van der Waals surface area contributed by atoms with Gasteiger partial charge in [0.25, 0.3) is 0 Å². The van der Waals surface area contributed by atoms with E-state index in [9.17, 15) is 5.11 Å². The molecule has 2 heteroatoms. The minimum Gasteiger partial charge on any atom is -0.385 e. The fraction of sp³-hybridized carbons (Fsp3) is 0.600. The van der Waals surface area contributed by atoms with Crippen molar-refractivity contribution in [1.82, 2.24) is 0 Å². The van der Waals surface area contributed by atoms with Crippen molar-refractivity contribution < 1.29 is 5.11 Å². The third-order valence-corrected chi connectivity index (χ3v) is 3.23. The Morgan fingerprint density at radius 1 is 1.25 bits per heavy atom. The van der Waals surface area contributed by atoms with Crippen LogP contribution in [0.15, 0.2) is 16.8 Å². The Kier molecular flexibility index (Phi) is 2.32. The first-order chi connectivity index (χ1) is 5.36. The van der Waals surface area contributed by atoms with E-state index in [-0.39, 0.29) is 5.41 Å². The molecule has 0 aromatic carbocycles. The zero-order chi connectivity index (χ0) is 9.41. The molecule has 0 spiro atoms. The van der Waals surface area contributed by atoms with Crippen molar-refractivity contribution in [3.63, 3.8) is 0 Å². The Hall–Kier alpha value is -0.340. The van der Waals surface area contributed by atoms with Gasteiger partial charge in [-0.2, -0.15) is 11.3 Å². The molecule has 1 atom stereocenters. The molecule has 0 saturated carbocycles. The van der Waals surface area contributed by atoms with Crippen molar-refractivity contribution in [2.75, 3.05) is 0 Å². The molecule has 0 amide bonds. The van der Waals surface area contributed by atoms with E-state index in [0.29, 0.717) is 0 Å². The van der Waals surface area contributed by atoms with Crippen LogP contribution in [0.4, 0.5) is 0 Å². The number of rotatable bonds is 1. The summed E-state index contributed by atoms with van der Waals surface area (Å²) in [4.78, 5) is 0. The minimum atomic E-state index is -0.729. The number of thiophene rings is 1. The summed E-state index contributed by atoms with van der Waals surface area (Å²) < 4.78 is 0. The topological polar surface area (TPSA) is 20.2 Å². The molecule has 0 fully saturated rings. The molecule has 1 nitrogen and oxygen atoms in total. The Morgan fingerprint density at radius 2 is 1.83 bits per heavy atom. The fourth-order valence-electron chi connectivity index (χ4n) is 0.974. The standard InChI is InChI=1S/C10H16OS/c1-9(2,3)10(4,11)8-5-6-12-7-8/h5-7,11H,1-4H3. The average Bonchev–Trinajstić information content (AvgIpc) is 2.34. The molecule has 0 radical (unpaired) electrons. The van der Waals surface area contributed by atoms with E-state index in [2.05, 4.69) is 0 Å². The molecule has 0 aliphatic rings. The highest BCUT2D eigenvalue weighted by Crippen LogP contribution is 2.39. The lowest BCUT2D eigenvalue weighted by atomic mass is 9.74. The third-order valence-electron chi connectivity index (χ3n) is 2.54. The van der Waals surface area contributed by atoms with E-state index < -0.39 is 5.60 Å². The summed E-state index contributed by atoms with van der Waals surface area (Å²) in [6.07, 6.45) is 0. The van der Waals surface area contributed by atoms with Crippen LogP contribution >= 0.6 is 11.3 Å². The van der Waals surface area contributed by atoms with Crippen LogP contribution in [0.2, 0.25) is 0 Å². The smallest absolute Gasteiger partial charge is 0.0924 e. The van der Waals surface area contributed by atoms with Gasteiger partial charge in [-0.1, -0.05) is 20.8 Å². The van der Waals surface area contributed by atoms with E-state index in [1.54, 1.807) is 11.3 Å². The minimum absolute atomic E-state index is 0.117. The lowest BCUT2D eigenvalue weighted by Crippen LogP contribution is -2.36. The monoisotopic (exact) mass is 184 g/mol. The predicted molar refractivity (Wildman–Crippen MR) is 53.3 cm³/mol. The van der Waals surface area contributed by atoms with Crippen LogP contribution in [0, 0.1) is 5.41 Å². The maximum absolute atomic E-state index is 10.2. The van der Waals surface area contributed by atoms with E-state index in [1.165, 1.54) is 0 Å². The van der Waals surface area contributed by atoms with Gasteiger partial charge in [0, 0.05) is 0 Å². The first kappa shape index (κ1) is 9.75. The summed E-state index contributed by atoms with van der Waals surface area (Å²) in [5, 5.41) is 14.2. The Labute approximate surface area is 78.1 Å². The van der Waals surface area contributed by atoms with Crippen molar-refractivity contribution in [3.8, 4) is 0 Å². The first-order valence-corrected chi connectivity index (χ1v) is 5.05. The Balaban J connectivity index is 3.02. The molecule has 68 valence electrons. The van der Waals surface area contributed by atoms with Crippen LogP contribution in [0.25, 0.3) is 0 Å². The second-order valence-corrected chi connectivity index (χ2v) is 5.11. The lowest BCUT2D eigenvalue weighted by molar-refractivity contribution is -0.0466. The maximum Gasteiger partial charge on any atom is 0.0924 e. The second-order valence-electron chi connectivity index (χ2n) is 4.33. The number of aliphatic hydroxyl groups is 1. The van der Waals surface area contributed by atoms with Gasteiger partial charge in [0.1, 0.15) is 0 Å². The van der Waals surface area contributed by atoms with E-state index in [4.69, 9.17) is 0 Å². The summed E-state index contributed by atoms with van der Waals surface area (Å²) in [5.74, 6) is 0. The van der Waals surface area contributed by atoms with Crippen LogP contribution in [0.3, 0.4) is 0 Å². The Bertz CT molecular complexity index is 241. The summed E-state index contributed by atoms with van der Waals surface area (Å²) in [5.41, 5.74) is 0.168. The van der Waals surface area contributed by atoms with Crippen molar-refractivity contribution in [2.45, 2.75) is 33.3 Å².